The van der Waals surface area contributed by atoms with E-state index in [0.29, 0.717) is 5.56 Å². The van der Waals surface area contributed by atoms with Crippen LogP contribution in [0.4, 0.5) is 11.4 Å². The summed E-state index contributed by atoms with van der Waals surface area (Å²) in [4.78, 5) is 10.8. The van der Waals surface area contributed by atoms with E-state index in [0.717, 1.165) is 16.8 Å². The molecule has 8 heteroatoms. The molecule has 1 heterocycles. The molecule has 2 N–H and O–H groups in total. The first kappa shape index (κ1) is 22.1. The molecule has 158 valence electrons. The van der Waals surface area contributed by atoms with E-state index in [2.05, 4.69) is 5.32 Å². The molecule has 0 aliphatic rings. The molecular weight excluding hydrogens is 414 g/mol. The molecule has 0 unspecified atom stereocenters. The molecule has 7 nitrogen and oxygen atoms in total. The minimum atomic E-state index is -0.553. The van der Waals surface area contributed by atoms with Gasteiger partial charge in [-0.3, -0.25) is 10.1 Å². The number of nitro benzene ring substituents is 1. The van der Waals surface area contributed by atoms with Crippen LogP contribution in [-0.2, 0) is 6.61 Å². The molecule has 3 aromatic rings. The molecule has 0 atom stereocenters. The number of hydrogen-bond acceptors (Lipinski definition) is 5. The Hall–Kier alpha value is -3.62. The summed E-state index contributed by atoms with van der Waals surface area (Å²) in [7, 11) is 0. The smallest absolute Gasteiger partial charge is 0.270 e. The van der Waals surface area contributed by atoms with Gasteiger partial charge in [0.25, 0.3) is 5.69 Å². The molecule has 0 radical (unpaired) electrons. The average molecular weight is 436 g/mol. The number of nitrogens with one attached hydrogen (secondary N) is 1. The second-order valence-corrected chi connectivity index (χ2v) is 7.37. The van der Waals surface area contributed by atoms with E-state index >= 15 is 0 Å². The highest BCUT2D eigenvalue weighted by molar-refractivity contribution is 7.81. The van der Waals surface area contributed by atoms with Crippen LogP contribution < -0.4 is 15.0 Å². The first-order valence-electron chi connectivity index (χ1n) is 9.47. The number of aliphatic hydroxyl groups excluding tert-OH is 1. The second kappa shape index (κ2) is 9.46. The summed E-state index contributed by atoms with van der Waals surface area (Å²) in [5, 5.41) is 37.2. The standard InChI is InChI=1S/C23H21N3O4S/c1-15-6-3-10-20(16(15)2)24-23(31)21(25-11-5-7-17(13-25)14-27)22(28)18-8-4-9-19(12-18)26(29)30/h3-13,27H,14H2,1-2H3,(H-,24,28,31). The van der Waals surface area contributed by atoms with E-state index in [9.17, 15) is 20.3 Å². The van der Waals surface area contributed by atoms with Crippen LogP contribution in [0.5, 0.6) is 0 Å². The van der Waals surface area contributed by atoms with Crippen molar-refractivity contribution in [2.75, 3.05) is 5.32 Å². The van der Waals surface area contributed by atoms with Gasteiger partial charge in [-0.25, -0.2) is 0 Å². The van der Waals surface area contributed by atoms with Gasteiger partial charge in [0, 0.05) is 29.4 Å². The van der Waals surface area contributed by atoms with Crippen molar-refractivity contribution in [3.63, 3.8) is 0 Å². The van der Waals surface area contributed by atoms with E-state index in [1.165, 1.54) is 28.8 Å². The first-order chi connectivity index (χ1) is 14.8. The third-order valence-corrected chi connectivity index (χ3v) is 5.20. The molecular formula is C23H21N3O4S. The molecule has 1 aromatic heterocycles. The normalized spacial score (nSPS) is 11.6. The van der Waals surface area contributed by atoms with Crippen molar-refractivity contribution in [2.24, 2.45) is 0 Å². The molecule has 0 saturated carbocycles. The van der Waals surface area contributed by atoms with Crippen LogP contribution in [0.15, 0.2) is 67.0 Å². The Balaban J connectivity index is 2.15. The lowest BCUT2D eigenvalue weighted by atomic mass is 10.1. The number of thiocarbonyl (C=S) groups is 1. The SMILES string of the molecule is Cc1cccc(NC(=S)/C(=C(\[O-])c2cccc([N+](=O)[O-])c2)[n+]2cccc(CO)c2)c1C. The molecule has 0 fully saturated rings. The maximum atomic E-state index is 13.4. The van der Waals surface area contributed by atoms with E-state index in [1.54, 1.807) is 24.5 Å². The lowest BCUT2D eigenvalue weighted by Gasteiger charge is -2.18. The Morgan fingerprint density at radius 1 is 1.16 bits per heavy atom. The minimum absolute atomic E-state index is 0.117. The van der Waals surface area contributed by atoms with E-state index < -0.39 is 10.7 Å². The van der Waals surface area contributed by atoms with Crippen LogP contribution in [0.1, 0.15) is 22.3 Å². The molecule has 0 saturated heterocycles. The van der Waals surface area contributed by atoms with Gasteiger partial charge in [-0.2, -0.15) is 4.57 Å². The van der Waals surface area contributed by atoms with Crippen molar-refractivity contribution < 1.29 is 19.7 Å². The van der Waals surface area contributed by atoms with Crippen LogP contribution in [0.2, 0.25) is 0 Å². The molecule has 3 rings (SSSR count). The molecule has 0 spiro atoms. The van der Waals surface area contributed by atoms with Gasteiger partial charge in [0.05, 0.1) is 11.5 Å². The number of rotatable bonds is 6. The van der Waals surface area contributed by atoms with E-state index in [-0.39, 0.29) is 28.5 Å². The highest BCUT2D eigenvalue weighted by Crippen LogP contribution is 2.23. The second-order valence-electron chi connectivity index (χ2n) is 6.96. The highest BCUT2D eigenvalue weighted by atomic mass is 32.1. The molecule has 31 heavy (non-hydrogen) atoms. The van der Waals surface area contributed by atoms with Crippen LogP contribution in [0, 0.1) is 24.0 Å². The fraction of sp³-hybridized carbons (Fsp3) is 0.130. The van der Waals surface area contributed by atoms with Gasteiger partial charge < -0.3 is 15.5 Å². The molecule has 0 amide bonds. The van der Waals surface area contributed by atoms with Crippen molar-refractivity contribution in [3.05, 3.63) is 99.4 Å². The molecule has 0 aliphatic carbocycles. The Labute approximate surface area is 185 Å². The Morgan fingerprint density at radius 3 is 2.61 bits per heavy atom. The van der Waals surface area contributed by atoms with Gasteiger partial charge in [-0.05, 0) is 48.4 Å². The highest BCUT2D eigenvalue weighted by Gasteiger charge is 2.21. The molecule has 0 bridgehead atoms. The summed E-state index contributed by atoms with van der Waals surface area (Å²) in [5.74, 6) is -0.480. The van der Waals surface area contributed by atoms with Gasteiger partial charge in [0.1, 0.15) is 0 Å². The van der Waals surface area contributed by atoms with Crippen LogP contribution in [0.3, 0.4) is 0 Å². The predicted molar refractivity (Wildman–Crippen MR) is 121 cm³/mol. The summed E-state index contributed by atoms with van der Waals surface area (Å²) in [6, 6.07) is 14.6. The third-order valence-electron chi connectivity index (χ3n) is 4.90. The Bertz CT molecular complexity index is 1190. The maximum Gasteiger partial charge on any atom is 0.270 e. The van der Waals surface area contributed by atoms with Crippen molar-refractivity contribution >= 4 is 40.0 Å². The summed E-state index contributed by atoms with van der Waals surface area (Å²) < 4.78 is 1.52. The lowest BCUT2D eigenvalue weighted by Crippen LogP contribution is -2.40. The minimum Gasteiger partial charge on any atom is -0.867 e. The number of aliphatic hydroxyl groups is 1. The van der Waals surface area contributed by atoms with Gasteiger partial charge in [0.2, 0.25) is 5.70 Å². The number of nitro groups is 1. The Kier molecular flexibility index (Phi) is 6.74. The summed E-state index contributed by atoms with van der Waals surface area (Å²) in [6.45, 7) is 3.71. The first-order valence-corrected chi connectivity index (χ1v) is 9.87. The van der Waals surface area contributed by atoms with Gasteiger partial charge >= 0.3 is 0 Å². The number of nitrogens with zero attached hydrogens (tertiary/aromatic N) is 2. The number of hydrogen-bond donors (Lipinski definition) is 2. The number of aryl methyl sites for hydroxylation is 1. The largest absolute Gasteiger partial charge is 0.867 e. The predicted octanol–water partition coefficient (Wildman–Crippen LogP) is 3.12. The van der Waals surface area contributed by atoms with E-state index in [1.807, 2.05) is 32.0 Å². The van der Waals surface area contributed by atoms with Gasteiger partial charge in [0.15, 0.2) is 17.4 Å². The zero-order chi connectivity index (χ0) is 22.5. The fourth-order valence-corrected chi connectivity index (χ4v) is 3.37. The molecule has 0 aliphatic heterocycles. The number of non-ortho nitro benzene ring substituents is 1. The van der Waals surface area contributed by atoms with Crippen LogP contribution >= 0.6 is 12.2 Å². The van der Waals surface area contributed by atoms with Crippen molar-refractivity contribution in [2.45, 2.75) is 20.5 Å². The number of anilines is 1. The summed E-state index contributed by atoms with van der Waals surface area (Å²) in [5.41, 5.74) is 3.46. The van der Waals surface area contributed by atoms with Crippen molar-refractivity contribution in [3.8, 4) is 0 Å². The number of aromatic nitrogens is 1. The molecule has 2 aromatic carbocycles. The third kappa shape index (κ3) is 4.93. The maximum absolute atomic E-state index is 13.4. The van der Waals surface area contributed by atoms with Crippen molar-refractivity contribution in [1.82, 2.24) is 0 Å². The number of benzene rings is 2. The summed E-state index contributed by atoms with van der Waals surface area (Å²) >= 11 is 5.60. The zero-order valence-corrected chi connectivity index (χ0v) is 17.8. The lowest BCUT2D eigenvalue weighted by molar-refractivity contribution is -0.578. The zero-order valence-electron chi connectivity index (χ0n) is 17.0. The monoisotopic (exact) mass is 435 g/mol. The van der Waals surface area contributed by atoms with Gasteiger partial charge in [-0.15, -0.1) is 0 Å². The quantitative estimate of drug-likeness (QED) is 0.154. The van der Waals surface area contributed by atoms with Crippen molar-refractivity contribution in [1.29, 1.82) is 0 Å². The summed E-state index contributed by atoms with van der Waals surface area (Å²) in [6.07, 6.45) is 3.24. The Morgan fingerprint density at radius 2 is 1.90 bits per heavy atom. The van der Waals surface area contributed by atoms with Gasteiger partial charge in [-0.1, -0.05) is 36.5 Å². The fourth-order valence-electron chi connectivity index (χ4n) is 3.06. The van der Waals surface area contributed by atoms with Crippen LogP contribution in [-0.4, -0.2) is 15.0 Å². The number of pyridine rings is 1. The average Bonchev–Trinajstić information content (AvgIpc) is 2.77. The van der Waals surface area contributed by atoms with Crippen LogP contribution in [0.25, 0.3) is 11.5 Å². The van der Waals surface area contributed by atoms with E-state index in [4.69, 9.17) is 12.2 Å². The topological polar surface area (TPSA) is 102 Å².